The van der Waals surface area contributed by atoms with Gasteiger partial charge in [0.25, 0.3) is 0 Å². The molecular weight excluding hydrogens is 474 g/mol. The van der Waals surface area contributed by atoms with Crippen molar-refractivity contribution < 1.29 is 19.0 Å². The van der Waals surface area contributed by atoms with Crippen molar-refractivity contribution >= 4 is 5.91 Å². The van der Waals surface area contributed by atoms with Crippen LogP contribution in [0.5, 0.6) is 17.2 Å². The largest absolute Gasteiger partial charge is 0.490 e. The lowest BCUT2D eigenvalue weighted by Gasteiger charge is -2.48. The fraction of sp³-hybridized carbons (Fsp3) is 0.424. The average Bonchev–Trinajstić information content (AvgIpc) is 3.44. The molecule has 0 aromatic heterocycles. The minimum Gasteiger partial charge on any atom is -0.490 e. The monoisotopic (exact) mass is 511 g/mol. The summed E-state index contributed by atoms with van der Waals surface area (Å²) < 4.78 is 18.9. The lowest BCUT2D eigenvalue weighted by atomic mass is 9.73. The number of amides is 1. The zero-order chi connectivity index (χ0) is 25.8. The van der Waals surface area contributed by atoms with Crippen LogP contribution in [0.3, 0.4) is 0 Å². The lowest BCUT2D eigenvalue weighted by Crippen LogP contribution is -2.49. The highest BCUT2D eigenvalue weighted by Gasteiger charge is 2.46. The van der Waals surface area contributed by atoms with E-state index in [-0.39, 0.29) is 17.6 Å². The van der Waals surface area contributed by atoms with Crippen LogP contribution in [-0.4, -0.2) is 17.6 Å². The van der Waals surface area contributed by atoms with Crippen LogP contribution >= 0.6 is 0 Å². The molecule has 0 bridgehead atoms. The van der Waals surface area contributed by atoms with E-state index < -0.39 is 0 Å². The maximum atomic E-state index is 13.2. The first-order chi connectivity index (χ1) is 18.7. The van der Waals surface area contributed by atoms with E-state index in [1.54, 1.807) is 0 Å². The molecule has 6 rings (SSSR count). The van der Waals surface area contributed by atoms with Crippen molar-refractivity contribution in [1.82, 2.24) is 5.32 Å². The van der Waals surface area contributed by atoms with E-state index in [9.17, 15) is 4.79 Å². The van der Waals surface area contributed by atoms with Gasteiger partial charge in [-0.1, -0.05) is 48.5 Å². The lowest BCUT2D eigenvalue weighted by molar-refractivity contribution is -0.123. The van der Waals surface area contributed by atoms with Gasteiger partial charge in [-0.25, -0.2) is 0 Å². The summed E-state index contributed by atoms with van der Waals surface area (Å²) in [4.78, 5) is 13.2. The summed E-state index contributed by atoms with van der Waals surface area (Å²) in [5, 5.41) is 3.34. The zero-order valence-corrected chi connectivity index (χ0v) is 22.0. The van der Waals surface area contributed by atoms with E-state index in [1.807, 2.05) is 48.5 Å². The Morgan fingerprint density at radius 1 is 0.947 bits per heavy atom. The van der Waals surface area contributed by atoms with Crippen molar-refractivity contribution in [2.24, 2.45) is 0 Å². The molecule has 0 unspecified atom stereocenters. The molecule has 3 aromatic rings. The smallest absolute Gasteiger partial charge is 0.220 e. The number of rotatable bonds is 9. The van der Waals surface area contributed by atoms with Gasteiger partial charge in [0.1, 0.15) is 29.5 Å². The number of hydrogen-bond acceptors (Lipinski definition) is 4. The molecule has 1 N–H and O–H groups in total. The van der Waals surface area contributed by atoms with Crippen molar-refractivity contribution in [3.8, 4) is 17.2 Å². The number of para-hydroxylation sites is 1. The van der Waals surface area contributed by atoms with Crippen molar-refractivity contribution in [2.45, 2.75) is 88.6 Å². The summed E-state index contributed by atoms with van der Waals surface area (Å²) in [7, 11) is 0. The van der Waals surface area contributed by atoms with Crippen molar-refractivity contribution in [3.63, 3.8) is 0 Å². The van der Waals surface area contributed by atoms with Gasteiger partial charge in [-0.05, 0) is 80.7 Å². The molecule has 1 spiro atoms. The minimum absolute atomic E-state index is 0.0558. The van der Waals surface area contributed by atoms with Crippen LogP contribution in [0.4, 0.5) is 0 Å². The quantitative estimate of drug-likeness (QED) is 0.333. The van der Waals surface area contributed by atoms with Crippen molar-refractivity contribution in [3.05, 3.63) is 89.5 Å². The predicted octanol–water partition coefficient (Wildman–Crippen LogP) is 7.08. The van der Waals surface area contributed by atoms with Gasteiger partial charge in [-0.3, -0.25) is 4.79 Å². The average molecular weight is 512 g/mol. The van der Waals surface area contributed by atoms with E-state index in [4.69, 9.17) is 14.2 Å². The van der Waals surface area contributed by atoms with E-state index >= 15 is 0 Å². The number of carbonyl (C=O) groups excluding carboxylic acids is 1. The molecule has 5 heteroatoms. The number of fused-ring (bicyclic) bond motifs is 1. The maximum absolute atomic E-state index is 13.2. The van der Waals surface area contributed by atoms with Gasteiger partial charge in [0.05, 0.1) is 12.1 Å². The topological polar surface area (TPSA) is 56.8 Å². The maximum Gasteiger partial charge on any atom is 0.220 e. The number of benzene rings is 3. The number of nitrogens with one attached hydrogen (secondary N) is 1. The third-order valence-corrected chi connectivity index (χ3v) is 8.30. The van der Waals surface area contributed by atoms with Crippen LogP contribution in [0, 0.1) is 0 Å². The van der Waals surface area contributed by atoms with Crippen LogP contribution in [-0.2, 0) is 17.8 Å². The van der Waals surface area contributed by atoms with Gasteiger partial charge in [0, 0.05) is 24.5 Å². The molecule has 2 fully saturated rings. The molecular formula is C33H37NO4. The second-order valence-electron chi connectivity index (χ2n) is 11.1. The molecule has 38 heavy (non-hydrogen) atoms. The summed E-state index contributed by atoms with van der Waals surface area (Å²) in [6.07, 6.45) is 10.2. The Balaban J connectivity index is 1.11. The molecule has 5 nitrogen and oxygen atoms in total. The SMILES string of the molecule is O=C(CCc1ccccc1OC1CCCC1)N[C@H]1CC2(CCC2)Oc2cc(OCc3ccccc3)ccc21. The number of aryl methyl sites for hydroxylation is 1. The molecule has 1 atom stereocenters. The molecule has 0 radical (unpaired) electrons. The fourth-order valence-corrected chi connectivity index (χ4v) is 6.01. The van der Waals surface area contributed by atoms with Gasteiger partial charge in [-0.15, -0.1) is 0 Å². The summed E-state index contributed by atoms with van der Waals surface area (Å²) in [5.41, 5.74) is 3.09. The Bertz CT molecular complexity index is 1250. The van der Waals surface area contributed by atoms with E-state index in [0.29, 0.717) is 25.6 Å². The summed E-state index contributed by atoms with van der Waals surface area (Å²) in [5.74, 6) is 2.62. The molecule has 1 amide bonds. The minimum atomic E-state index is -0.176. The third-order valence-electron chi connectivity index (χ3n) is 8.30. The normalized spacial score (nSPS) is 19.7. The van der Waals surface area contributed by atoms with Crippen molar-refractivity contribution in [2.75, 3.05) is 0 Å². The molecule has 3 aliphatic rings. The van der Waals surface area contributed by atoms with Crippen LogP contribution in [0.15, 0.2) is 72.8 Å². The summed E-state index contributed by atoms with van der Waals surface area (Å²) in [6.45, 7) is 0.511. The van der Waals surface area contributed by atoms with Crippen molar-refractivity contribution in [1.29, 1.82) is 0 Å². The zero-order valence-electron chi connectivity index (χ0n) is 22.0. The summed E-state index contributed by atoms with van der Waals surface area (Å²) in [6, 6.07) is 24.3. The standard InChI is InChI=1S/C33H37NO4/c35-32(18-15-25-11-4-7-14-30(25)37-26-12-5-6-13-26)34-29-22-33(19-8-20-33)38-31-21-27(16-17-28(29)31)36-23-24-9-2-1-3-10-24/h1-4,7,9-11,14,16-17,21,26,29H,5-6,8,12-13,15,18-20,22-23H2,(H,34,35)/t29-/m0/s1. The Hall–Kier alpha value is -3.47. The summed E-state index contributed by atoms with van der Waals surface area (Å²) >= 11 is 0. The number of ether oxygens (including phenoxy) is 3. The molecule has 3 aromatic carbocycles. The van der Waals surface area contributed by atoms with Gasteiger partial charge >= 0.3 is 0 Å². The van der Waals surface area contributed by atoms with Gasteiger partial charge in [0.15, 0.2) is 0 Å². The number of hydrogen-bond donors (Lipinski definition) is 1. The first kappa shape index (κ1) is 24.8. The molecule has 2 aliphatic carbocycles. The highest BCUT2D eigenvalue weighted by molar-refractivity contribution is 5.77. The molecule has 198 valence electrons. The first-order valence-corrected chi connectivity index (χ1v) is 14.2. The fourth-order valence-electron chi connectivity index (χ4n) is 6.01. The first-order valence-electron chi connectivity index (χ1n) is 14.2. The second-order valence-corrected chi connectivity index (χ2v) is 11.1. The predicted molar refractivity (Wildman–Crippen MR) is 148 cm³/mol. The highest BCUT2D eigenvalue weighted by Crippen LogP contribution is 2.49. The molecule has 2 saturated carbocycles. The second kappa shape index (κ2) is 11.1. The Morgan fingerprint density at radius 2 is 1.74 bits per heavy atom. The van der Waals surface area contributed by atoms with E-state index in [0.717, 1.165) is 72.5 Å². The van der Waals surface area contributed by atoms with E-state index in [2.05, 4.69) is 29.6 Å². The van der Waals surface area contributed by atoms with Crippen LogP contribution < -0.4 is 19.5 Å². The van der Waals surface area contributed by atoms with Crippen LogP contribution in [0.25, 0.3) is 0 Å². The van der Waals surface area contributed by atoms with Crippen LogP contribution in [0.2, 0.25) is 0 Å². The van der Waals surface area contributed by atoms with Gasteiger partial charge in [0.2, 0.25) is 5.91 Å². The molecule has 1 aliphatic heterocycles. The van der Waals surface area contributed by atoms with Gasteiger partial charge in [-0.2, -0.15) is 0 Å². The van der Waals surface area contributed by atoms with E-state index in [1.165, 1.54) is 12.8 Å². The number of carbonyl (C=O) groups is 1. The molecule has 0 saturated heterocycles. The highest BCUT2D eigenvalue weighted by atomic mass is 16.5. The van der Waals surface area contributed by atoms with Crippen LogP contribution in [0.1, 0.15) is 80.5 Å². The Kier molecular flexibility index (Phi) is 7.26. The Morgan fingerprint density at radius 3 is 2.53 bits per heavy atom. The third kappa shape index (κ3) is 5.67. The Labute approximate surface area is 225 Å². The van der Waals surface area contributed by atoms with Gasteiger partial charge < -0.3 is 19.5 Å². The molecule has 1 heterocycles.